The molecule has 0 radical (unpaired) electrons. The molecule has 1 N–H and O–H groups in total. The van der Waals surface area contributed by atoms with E-state index < -0.39 is 0 Å². The first-order chi connectivity index (χ1) is 9.86. The summed E-state index contributed by atoms with van der Waals surface area (Å²) >= 11 is 0. The summed E-state index contributed by atoms with van der Waals surface area (Å²) in [5.74, 6) is 1.07. The zero-order valence-electron chi connectivity index (χ0n) is 12.2. The van der Waals surface area contributed by atoms with Crippen LogP contribution in [0.4, 0.5) is 0 Å². The van der Waals surface area contributed by atoms with Gasteiger partial charge in [0.1, 0.15) is 5.75 Å². The van der Waals surface area contributed by atoms with E-state index >= 15 is 0 Å². The van der Waals surface area contributed by atoms with Crippen LogP contribution in [0.3, 0.4) is 0 Å². The summed E-state index contributed by atoms with van der Waals surface area (Å²) in [7, 11) is 0. The predicted molar refractivity (Wildman–Crippen MR) is 80.3 cm³/mol. The van der Waals surface area contributed by atoms with Crippen molar-refractivity contribution in [1.82, 2.24) is 4.90 Å². The van der Waals surface area contributed by atoms with Crippen LogP contribution in [0.25, 0.3) is 0 Å². The van der Waals surface area contributed by atoms with Gasteiger partial charge in [0, 0.05) is 25.6 Å². The van der Waals surface area contributed by atoms with Gasteiger partial charge in [-0.1, -0.05) is 18.6 Å². The Labute approximate surface area is 121 Å². The van der Waals surface area contributed by atoms with E-state index in [4.69, 9.17) is 4.74 Å². The Morgan fingerprint density at radius 1 is 1.30 bits per heavy atom. The molecular formula is C17H25NO2. The fraction of sp³-hybridized carbons (Fsp3) is 0.647. The van der Waals surface area contributed by atoms with E-state index in [0.29, 0.717) is 12.6 Å². The van der Waals surface area contributed by atoms with Gasteiger partial charge in [0.2, 0.25) is 0 Å². The Balaban J connectivity index is 1.57. The third-order valence-electron chi connectivity index (χ3n) is 4.65. The maximum atomic E-state index is 9.19. The fourth-order valence-corrected chi connectivity index (χ4v) is 3.50. The lowest BCUT2D eigenvalue weighted by atomic mass is 9.98. The molecule has 0 aliphatic carbocycles. The molecular weight excluding hydrogens is 250 g/mol. The van der Waals surface area contributed by atoms with Gasteiger partial charge in [-0.2, -0.15) is 0 Å². The molecule has 0 aromatic heterocycles. The number of nitrogens with zero attached hydrogens (tertiary/aromatic N) is 1. The number of fused-ring (bicyclic) bond motifs is 1. The van der Waals surface area contributed by atoms with Crippen LogP contribution in [0.1, 0.15) is 36.8 Å². The highest BCUT2D eigenvalue weighted by Gasteiger charge is 2.21. The number of hydrogen-bond donors (Lipinski definition) is 1. The normalized spacial score (nSPS) is 22.6. The quantitative estimate of drug-likeness (QED) is 0.895. The van der Waals surface area contributed by atoms with E-state index in [9.17, 15) is 5.11 Å². The minimum absolute atomic E-state index is 0.317. The lowest BCUT2D eigenvalue weighted by molar-refractivity contribution is 0.120. The number of aliphatic hydroxyl groups is 1. The first-order valence-electron chi connectivity index (χ1n) is 7.96. The van der Waals surface area contributed by atoms with Gasteiger partial charge in [-0.05, 0) is 49.4 Å². The average Bonchev–Trinajstić information content (AvgIpc) is 2.94. The number of piperidine rings is 1. The summed E-state index contributed by atoms with van der Waals surface area (Å²) in [6.45, 7) is 3.46. The summed E-state index contributed by atoms with van der Waals surface area (Å²) < 4.78 is 5.56. The Hall–Kier alpha value is -1.06. The molecule has 1 atom stereocenters. The van der Waals surface area contributed by atoms with Gasteiger partial charge in [0.05, 0.1) is 6.61 Å². The molecule has 0 saturated carbocycles. The Kier molecular flexibility index (Phi) is 4.58. The molecule has 20 heavy (non-hydrogen) atoms. The van der Waals surface area contributed by atoms with Gasteiger partial charge in [0.25, 0.3) is 0 Å². The minimum atomic E-state index is 0.317. The van der Waals surface area contributed by atoms with Gasteiger partial charge in [-0.3, -0.25) is 4.90 Å². The van der Waals surface area contributed by atoms with Gasteiger partial charge in [-0.15, -0.1) is 0 Å². The SMILES string of the molecule is OCCC1CCCCN1CCc1ccc2c(c1)CCO2. The average molecular weight is 275 g/mol. The van der Waals surface area contributed by atoms with Crippen LogP contribution in [-0.4, -0.2) is 42.4 Å². The highest BCUT2D eigenvalue weighted by atomic mass is 16.5. The third kappa shape index (κ3) is 3.15. The van der Waals surface area contributed by atoms with Crippen molar-refractivity contribution >= 4 is 0 Å². The lowest BCUT2D eigenvalue weighted by Gasteiger charge is -2.35. The molecule has 1 unspecified atom stereocenters. The Bertz CT molecular complexity index is 445. The van der Waals surface area contributed by atoms with Gasteiger partial charge >= 0.3 is 0 Å². The van der Waals surface area contributed by atoms with E-state index in [1.165, 1.54) is 36.9 Å². The smallest absolute Gasteiger partial charge is 0.122 e. The molecule has 0 spiro atoms. The zero-order valence-corrected chi connectivity index (χ0v) is 12.2. The number of aliphatic hydroxyl groups excluding tert-OH is 1. The van der Waals surface area contributed by atoms with Crippen molar-refractivity contribution in [2.24, 2.45) is 0 Å². The maximum absolute atomic E-state index is 9.19. The van der Waals surface area contributed by atoms with Crippen LogP contribution < -0.4 is 4.74 Å². The molecule has 0 amide bonds. The first kappa shape index (κ1) is 13.9. The van der Waals surface area contributed by atoms with Gasteiger partial charge < -0.3 is 9.84 Å². The van der Waals surface area contributed by atoms with Crippen molar-refractivity contribution in [3.8, 4) is 5.75 Å². The first-order valence-corrected chi connectivity index (χ1v) is 7.96. The topological polar surface area (TPSA) is 32.7 Å². The summed E-state index contributed by atoms with van der Waals surface area (Å²) in [4.78, 5) is 2.57. The second-order valence-corrected chi connectivity index (χ2v) is 5.99. The Morgan fingerprint density at radius 2 is 2.25 bits per heavy atom. The van der Waals surface area contributed by atoms with E-state index in [-0.39, 0.29) is 0 Å². The van der Waals surface area contributed by atoms with Crippen LogP contribution >= 0.6 is 0 Å². The second-order valence-electron chi connectivity index (χ2n) is 5.99. The van der Waals surface area contributed by atoms with Crippen molar-refractivity contribution < 1.29 is 9.84 Å². The van der Waals surface area contributed by atoms with Crippen molar-refractivity contribution in [1.29, 1.82) is 0 Å². The van der Waals surface area contributed by atoms with Crippen molar-refractivity contribution in [2.45, 2.75) is 44.6 Å². The van der Waals surface area contributed by atoms with E-state index in [2.05, 4.69) is 23.1 Å². The summed E-state index contributed by atoms with van der Waals surface area (Å²) in [6, 6.07) is 7.23. The minimum Gasteiger partial charge on any atom is -0.493 e. The molecule has 1 aromatic rings. The summed E-state index contributed by atoms with van der Waals surface area (Å²) in [5.41, 5.74) is 2.79. The van der Waals surface area contributed by atoms with Crippen molar-refractivity contribution in [2.75, 3.05) is 26.3 Å². The van der Waals surface area contributed by atoms with Crippen LogP contribution in [-0.2, 0) is 12.8 Å². The lowest BCUT2D eigenvalue weighted by Crippen LogP contribution is -2.41. The fourth-order valence-electron chi connectivity index (χ4n) is 3.50. The Morgan fingerprint density at radius 3 is 3.15 bits per heavy atom. The number of benzene rings is 1. The highest BCUT2D eigenvalue weighted by molar-refractivity contribution is 5.39. The molecule has 1 aromatic carbocycles. The largest absolute Gasteiger partial charge is 0.493 e. The van der Waals surface area contributed by atoms with Crippen LogP contribution in [0.15, 0.2) is 18.2 Å². The number of likely N-dealkylation sites (tertiary alicyclic amines) is 1. The predicted octanol–water partition coefficient (Wildman–Crippen LogP) is 2.40. The standard InChI is InChI=1S/C17H25NO2/c19-11-7-16-3-1-2-9-18(16)10-6-14-4-5-17-15(13-14)8-12-20-17/h4-5,13,16,19H,1-3,6-12H2. The summed E-state index contributed by atoms with van der Waals surface area (Å²) in [5, 5.41) is 9.19. The molecule has 1 fully saturated rings. The molecule has 110 valence electrons. The van der Waals surface area contributed by atoms with Crippen molar-refractivity contribution in [3.05, 3.63) is 29.3 Å². The monoisotopic (exact) mass is 275 g/mol. The molecule has 3 nitrogen and oxygen atoms in total. The number of rotatable bonds is 5. The second kappa shape index (κ2) is 6.59. The van der Waals surface area contributed by atoms with Crippen LogP contribution in [0, 0.1) is 0 Å². The highest BCUT2D eigenvalue weighted by Crippen LogP contribution is 2.26. The van der Waals surface area contributed by atoms with E-state index in [1.54, 1.807) is 0 Å². The number of hydrogen-bond acceptors (Lipinski definition) is 3. The molecule has 3 rings (SSSR count). The van der Waals surface area contributed by atoms with Gasteiger partial charge in [0.15, 0.2) is 0 Å². The summed E-state index contributed by atoms with van der Waals surface area (Å²) in [6.07, 6.45) is 6.96. The molecule has 3 heteroatoms. The van der Waals surface area contributed by atoms with E-state index in [0.717, 1.165) is 38.2 Å². The molecule has 2 heterocycles. The maximum Gasteiger partial charge on any atom is 0.122 e. The van der Waals surface area contributed by atoms with Crippen LogP contribution in [0.2, 0.25) is 0 Å². The molecule has 2 aliphatic rings. The van der Waals surface area contributed by atoms with Gasteiger partial charge in [-0.25, -0.2) is 0 Å². The van der Waals surface area contributed by atoms with E-state index in [1.807, 2.05) is 0 Å². The molecule has 2 aliphatic heterocycles. The molecule has 0 bridgehead atoms. The zero-order chi connectivity index (χ0) is 13.8. The third-order valence-corrected chi connectivity index (χ3v) is 4.65. The van der Waals surface area contributed by atoms with Crippen molar-refractivity contribution in [3.63, 3.8) is 0 Å². The number of ether oxygens (including phenoxy) is 1. The molecule has 1 saturated heterocycles. The van der Waals surface area contributed by atoms with Crippen LogP contribution in [0.5, 0.6) is 5.75 Å².